The molecule has 2 aliphatic rings. The van der Waals surface area contributed by atoms with E-state index >= 15 is 0 Å². The molecule has 1 atom stereocenters. The molecule has 1 aliphatic carbocycles. The molecule has 1 unspecified atom stereocenters. The van der Waals surface area contributed by atoms with Crippen molar-refractivity contribution in [3.8, 4) is 17.0 Å². The molecule has 0 bridgehead atoms. The van der Waals surface area contributed by atoms with Crippen molar-refractivity contribution in [2.45, 2.75) is 57.3 Å². The zero-order valence-electron chi connectivity index (χ0n) is 17.7. The highest BCUT2D eigenvalue weighted by Gasteiger charge is 2.33. The fourth-order valence-corrected chi connectivity index (χ4v) is 5.17. The van der Waals surface area contributed by atoms with Crippen molar-refractivity contribution >= 4 is 16.9 Å². The summed E-state index contributed by atoms with van der Waals surface area (Å²) in [6.45, 7) is 0.596. The van der Waals surface area contributed by atoms with E-state index in [4.69, 9.17) is 14.5 Å². The molecule has 6 heteroatoms. The van der Waals surface area contributed by atoms with Crippen LogP contribution in [-0.2, 0) is 27.7 Å². The van der Waals surface area contributed by atoms with Crippen molar-refractivity contribution < 1.29 is 24.4 Å². The summed E-state index contributed by atoms with van der Waals surface area (Å²) in [5.41, 5.74) is 5.41. The lowest BCUT2D eigenvalue weighted by atomic mass is 9.81. The van der Waals surface area contributed by atoms with Gasteiger partial charge in [-0.05, 0) is 48.1 Å². The van der Waals surface area contributed by atoms with Crippen LogP contribution in [0.2, 0.25) is 0 Å². The first-order valence-electron chi connectivity index (χ1n) is 11.0. The normalized spacial score (nSPS) is 18.8. The fourth-order valence-electron chi connectivity index (χ4n) is 5.17. The summed E-state index contributed by atoms with van der Waals surface area (Å²) in [6.07, 6.45) is 5.11. The molecule has 0 spiro atoms. The maximum atomic E-state index is 12.0. The fraction of sp³-hybridized carbons (Fsp3) is 0.400. The Hall–Kier alpha value is -2.83. The molecule has 5 rings (SSSR count). The predicted octanol–water partition coefficient (Wildman–Crippen LogP) is 5.28. The van der Waals surface area contributed by atoms with Crippen LogP contribution in [0.4, 0.5) is 0 Å². The van der Waals surface area contributed by atoms with Gasteiger partial charge in [0.25, 0.3) is 0 Å². The van der Waals surface area contributed by atoms with Gasteiger partial charge in [0.2, 0.25) is 6.10 Å². The number of hydrogen-bond donors (Lipinski definition) is 1. The molecule has 1 fully saturated rings. The van der Waals surface area contributed by atoms with Crippen molar-refractivity contribution in [1.82, 2.24) is 4.57 Å². The van der Waals surface area contributed by atoms with Crippen LogP contribution in [0.5, 0.6) is 5.75 Å². The van der Waals surface area contributed by atoms with Crippen LogP contribution in [-0.4, -0.2) is 28.9 Å². The highest BCUT2D eigenvalue weighted by Crippen LogP contribution is 2.47. The summed E-state index contributed by atoms with van der Waals surface area (Å²) < 4.78 is 8.13. The number of rotatable bonds is 5. The average molecular weight is 421 g/mol. The van der Waals surface area contributed by atoms with E-state index in [9.17, 15) is 9.90 Å². The number of carbonyl (C=O) groups is 1. The zero-order valence-corrected chi connectivity index (χ0v) is 17.7. The molecule has 1 aromatic heterocycles. The Bertz CT molecular complexity index is 1110. The van der Waals surface area contributed by atoms with Gasteiger partial charge in [-0.15, -0.1) is 0 Å². The van der Waals surface area contributed by atoms with Crippen molar-refractivity contribution in [3.63, 3.8) is 0 Å². The topological polar surface area (TPSA) is 69.9 Å². The summed E-state index contributed by atoms with van der Waals surface area (Å²) in [6, 6.07) is 14.1. The van der Waals surface area contributed by atoms with Crippen molar-refractivity contribution in [2.75, 3.05) is 7.11 Å². The summed E-state index contributed by atoms with van der Waals surface area (Å²) in [5.74, 6) is 0.141. The first-order chi connectivity index (χ1) is 15.2. The molecule has 162 valence electrons. The number of aromatic nitrogens is 1. The van der Waals surface area contributed by atoms with Crippen LogP contribution in [0.15, 0.2) is 42.5 Å². The number of benzene rings is 2. The molecule has 0 radical (unpaired) electrons. The molecule has 1 saturated carbocycles. The van der Waals surface area contributed by atoms with Crippen LogP contribution in [0.3, 0.4) is 0 Å². The molecule has 6 nitrogen and oxygen atoms in total. The minimum atomic E-state index is -0.956. The molecule has 0 saturated heterocycles. The second-order valence-corrected chi connectivity index (χ2v) is 8.43. The Balaban J connectivity index is 1.78. The summed E-state index contributed by atoms with van der Waals surface area (Å²) in [5, 5.41) is 11.0. The molecular weight excluding hydrogens is 394 g/mol. The number of fused-ring (bicyclic) bond motifs is 5. The van der Waals surface area contributed by atoms with Crippen LogP contribution in [0.25, 0.3) is 22.2 Å². The van der Waals surface area contributed by atoms with Crippen LogP contribution >= 0.6 is 0 Å². The third-order valence-electron chi connectivity index (χ3n) is 6.56. The minimum Gasteiger partial charge on any atom is -0.478 e. The summed E-state index contributed by atoms with van der Waals surface area (Å²) >= 11 is 0. The first-order valence-corrected chi connectivity index (χ1v) is 11.0. The zero-order chi connectivity index (χ0) is 21.4. The van der Waals surface area contributed by atoms with Gasteiger partial charge < -0.3 is 14.4 Å². The van der Waals surface area contributed by atoms with Crippen LogP contribution in [0, 0.1) is 0 Å². The van der Waals surface area contributed by atoms with E-state index in [0.717, 1.165) is 35.2 Å². The monoisotopic (exact) mass is 421 g/mol. The molecule has 1 N–H and O–H groups in total. The first kappa shape index (κ1) is 20.1. The van der Waals surface area contributed by atoms with Gasteiger partial charge in [-0.2, -0.15) is 0 Å². The lowest BCUT2D eigenvalue weighted by Crippen LogP contribution is -2.30. The maximum Gasteiger partial charge on any atom is 0.346 e. The molecule has 31 heavy (non-hydrogen) atoms. The van der Waals surface area contributed by atoms with E-state index in [0.29, 0.717) is 18.3 Å². The van der Waals surface area contributed by atoms with E-state index in [1.165, 1.54) is 37.3 Å². The van der Waals surface area contributed by atoms with Crippen molar-refractivity contribution in [2.24, 2.45) is 0 Å². The van der Waals surface area contributed by atoms with Gasteiger partial charge in [-0.1, -0.05) is 43.5 Å². The maximum absolute atomic E-state index is 12.0. The van der Waals surface area contributed by atoms with Gasteiger partial charge in [0.15, 0.2) is 0 Å². The largest absolute Gasteiger partial charge is 0.478 e. The SMILES string of the molecule is COOCc1ccc2c(C3CCCCC3)c3n(c2c1)CC(C(=O)O)Oc1ccccc1-3. The Kier molecular flexibility index (Phi) is 5.42. The summed E-state index contributed by atoms with van der Waals surface area (Å²) in [7, 11) is 1.49. The Morgan fingerprint density at radius 3 is 2.74 bits per heavy atom. The molecule has 2 aromatic carbocycles. The van der Waals surface area contributed by atoms with Crippen LogP contribution in [0.1, 0.15) is 49.1 Å². The van der Waals surface area contributed by atoms with E-state index in [2.05, 4.69) is 22.8 Å². The van der Waals surface area contributed by atoms with Crippen molar-refractivity contribution in [1.29, 1.82) is 0 Å². The van der Waals surface area contributed by atoms with Gasteiger partial charge in [-0.3, -0.25) is 0 Å². The van der Waals surface area contributed by atoms with Gasteiger partial charge >= 0.3 is 5.97 Å². The van der Waals surface area contributed by atoms with Crippen LogP contribution < -0.4 is 4.74 Å². The van der Waals surface area contributed by atoms with E-state index in [-0.39, 0.29) is 6.54 Å². The van der Waals surface area contributed by atoms with Gasteiger partial charge in [0.1, 0.15) is 12.4 Å². The lowest BCUT2D eigenvalue weighted by molar-refractivity contribution is -0.282. The molecule has 0 amide bonds. The molecule has 1 aliphatic heterocycles. The quantitative estimate of drug-likeness (QED) is 0.448. The minimum absolute atomic E-state index is 0.261. The van der Waals surface area contributed by atoms with Gasteiger partial charge in [0.05, 0.1) is 19.3 Å². The molecule has 3 aromatic rings. The Labute approximate surface area is 181 Å². The third kappa shape index (κ3) is 3.60. The van der Waals surface area contributed by atoms with E-state index < -0.39 is 12.1 Å². The second kappa shape index (κ2) is 8.36. The van der Waals surface area contributed by atoms with Gasteiger partial charge in [-0.25, -0.2) is 14.6 Å². The van der Waals surface area contributed by atoms with E-state index in [1.54, 1.807) is 0 Å². The number of hydrogen-bond acceptors (Lipinski definition) is 4. The third-order valence-corrected chi connectivity index (χ3v) is 6.56. The standard InChI is InChI=1S/C25H27NO5/c1-29-30-15-16-11-12-18-20(13-16)26-14-22(25(27)28)31-21-10-6-5-9-19(21)24(26)23(18)17-7-3-2-4-8-17/h5-6,9-13,17,22H,2-4,7-8,14-15H2,1H3,(H,27,28). The predicted molar refractivity (Wildman–Crippen MR) is 117 cm³/mol. The van der Waals surface area contributed by atoms with Crippen molar-refractivity contribution in [3.05, 3.63) is 53.6 Å². The number of para-hydroxylation sites is 1. The highest BCUT2D eigenvalue weighted by atomic mass is 17.2. The van der Waals surface area contributed by atoms with Gasteiger partial charge in [0, 0.05) is 16.5 Å². The number of aliphatic carboxylic acids is 1. The summed E-state index contributed by atoms with van der Waals surface area (Å²) in [4.78, 5) is 21.9. The highest BCUT2D eigenvalue weighted by molar-refractivity contribution is 5.94. The number of carboxylic acids is 1. The molecular formula is C25H27NO5. The average Bonchev–Trinajstić information content (AvgIpc) is 3.00. The smallest absolute Gasteiger partial charge is 0.346 e. The Morgan fingerprint density at radius 2 is 1.97 bits per heavy atom. The number of carboxylic acid groups (broad SMARTS) is 1. The second-order valence-electron chi connectivity index (χ2n) is 8.43. The number of ether oxygens (including phenoxy) is 1. The molecule has 2 heterocycles. The Morgan fingerprint density at radius 1 is 1.16 bits per heavy atom. The van der Waals surface area contributed by atoms with E-state index in [1.807, 2.05) is 24.3 Å². The lowest BCUT2D eigenvalue weighted by Gasteiger charge is -2.23. The number of nitrogens with zero attached hydrogens (tertiary/aromatic N) is 1.